The van der Waals surface area contributed by atoms with Gasteiger partial charge in [0.15, 0.2) is 0 Å². The molecule has 2 atom stereocenters. The molecule has 0 fully saturated rings. The lowest BCUT2D eigenvalue weighted by molar-refractivity contribution is 0.439. The lowest BCUT2D eigenvalue weighted by Gasteiger charge is -2.25. The van der Waals surface area contributed by atoms with E-state index in [0.29, 0.717) is 5.89 Å². The monoisotopic (exact) mass is 216 g/mol. The van der Waals surface area contributed by atoms with E-state index in [1.54, 1.807) is 6.20 Å². The standard InChI is InChI=1S/C9H16N2O2S/c1-7(8-10-5-6-13-8)11-14(12)9(2,3)4/h5-7,11H,1-4H3/t7-,14?/m1/s1. The van der Waals surface area contributed by atoms with Crippen LogP contribution in [0.4, 0.5) is 0 Å². The number of oxazole rings is 1. The smallest absolute Gasteiger partial charge is 0.215 e. The van der Waals surface area contributed by atoms with Crippen molar-refractivity contribution in [3.63, 3.8) is 0 Å². The third-order valence-corrected chi connectivity index (χ3v) is 3.34. The first-order valence-corrected chi connectivity index (χ1v) is 5.63. The first-order chi connectivity index (χ1) is 6.41. The minimum atomic E-state index is -1.10. The van der Waals surface area contributed by atoms with Crippen LogP contribution in [-0.4, -0.2) is 14.3 Å². The summed E-state index contributed by atoms with van der Waals surface area (Å²) in [5.74, 6) is 0.558. The van der Waals surface area contributed by atoms with Gasteiger partial charge in [-0.1, -0.05) is 0 Å². The Labute approximate surface area is 87.4 Å². The van der Waals surface area contributed by atoms with Crippen molar-refractivity contribution in [3.8, 4) is 0 Å². The van der Waals surface area contributed by atoms with Gasteiger partial charge in [-0.05, 0) is 27.7 Å². The summed E-state index contributed by atoms with van der Waals surface area (Å²) < 4.78 is 19.5. The molecule has 14 heavy (non-hydrogen) atoms. The Morgan fingerprint density at radius 1 is 1.57 bits per heavy atom. The molecule has 1 heterocycles. The van der Waals surface area contributed by atoms with Gasteiger partial charge in [-0.25, -0.2) is 4.98 Å². The predicted octanol–water partition coefficient (Wildman–Crippen LogP) is 1.79. The van der Waals surface area contributed by atoms with E-state index in [4.69, 9.17) is 4.42 Å². The largest absolute Gasteiger partial charge is 0.598 e. The minimum absolute atomic E-state index is 0.134. The molecule has 1 unspecified atom stereocenters. The molecule has 0 aliphatic rings. The van der Waals surface area contributed by atoms with E-state index in [1.807, 2.05) is 27.7 Å². The lowest BCUT2D eigenvalue weighted by atomic mass is 10.3. The molecule has 0 amide bonds. The highest BCUT2D eigenvalue weighted by molar-refractivity contribution is 7.90. The summed E-state index contributed by atoms with van der Waals surface area (Å²) >= 11 is -1.10. The zero-order valence-corrected chi connectivity index (χ0v) is 9.72. The molecule has 4 nitrogen and oxygen atoms in total. The van der Waals surface area contributed by atoms with Crippen molar-refractivity contribution >= 4 is 11.4 Å². The molecule has 0 saturated heterocycles. The second-order valence-corrected chi connectivity index (χ2v) is 6.09. The maximum absolute atomic E-state index is 11.7. The van der Waals surface area contributed by atoms with Crippen LogP contribution >= 0.6 is 0 Å². The molecule has 0 bridgehead atoms. The van der Waals surface area contributed by atoms with Gasteiger partial charge in [-0.3, -0.25) is 0 Å². The van der Waals surface area contributed by atoms with Crippen LogP contribution in [0.1, 0.15) is 39.6 Å². The molecule has 1 aromatic rings. The van der Waals surface area contributed by atoms with Crippen molar-refractivity contribution in [2.24, 2.45) is 0 Å². The van der Waals surface area contributed by atoms with E-state index >= 15 is 0 Å². The summed E-state index contributed by atoms with van der Waals surface area (Å²) in [6, 6.07) is -0.134. The van der Waals surface area contributed by atoms with Crippen LogP contribution in [0.15, 0.2) is 16.9 Å². The SMILES string of the molecule is C[C@@H](N[S+]([O-])C(C)(C)C)c1ncco1. The average molecular weight is 216 g/mol. The summed E-state index contributed by atoms with van der Waals surface area (Å²) in [7, 11) is 0. The van der Waals surface area contributed by atoms with Crippen LogP contribution in [0.2, 0.25) is 0 Å². The molecule has 0 radical (unpaired) electrons. The van der Waals surface area contributed by atoms with Crippen molar-refractivity contribution < 1.29 is 8.97 Å². The number of aromatic nitrogens is 1. The second-order valence-electron chi connectivity index (χ2n) is 4.09. The number of hydrogen-bond donors (Lipinski definition) is 1. The zero-order chi connectivity index (χ0) is 10.8. The van der Waals surface area contributed by atoms with Crippen LogP contribution in [0, 0.1) is 0 Å². The lowest BCUT2D eigenvalue weighted by Crippen LogP contribution is -2.40. The van der Waals surface area contributed by atoms with Gasteiger partial charge in [-0.2, -0.15) is 0 Å². The maximum atomic E-state index is 11.7. The number of hydrogen-bond acceptors (Lipinski definition) is 4. The van der Waals surface area contributed by atoms with E-state index in [1.165, 1.54) is 6.26 Å². The third-order valence-electron chi connectivity index (χ3n) is 1.66. The minimum Gasteiger partial charge on any atom is -0.598 e. The van der Waals surface area contributed by atoms with Gasteiger partial charge in [0.2, 0.25) is 5.89 Å². The average Bonchev–Trinajstić information content (AvgIpc) is 2.53. The Morgan fingerprint density at radius 3 is 2.64 bits per heavy atom. The van der Waals surface area contributed by atoms with Crippen molar-refractivity contribution in [3.05, 3.63) is 18.4 Å². The second kappa shape index (κ2) is 4.33. The number of nitrogens with one attached hydrogen (secondary N) is 1. The highest BCUT2D eigenvalue weighted by atomic mass is 32.2. The van der Waals surface area contributed by atoms with Gasteiger partial charge >= 0.3 is 0 Å². The Bertz CT molecular complexity index is 269. The van der Waals surface area contributed by atoms with Gasteiger partial charge in [0, 0.05) is 11.4 Å². The Hall–Kier alpha value is -0.520. The fourth-order valence-corrected chi connectivity index (χ4v) is 1.61. The maximum Gasteiger partial charge on any atom is 0.215 e. The predicted molar refractivity (Wildman–Crippen MR) is 55.9 cm³/mol. The third kappa shape index (κ3) is 3.01. The summed E-state index contributed by atoms with van der Waals surface area (Å²) in [6.07, 6.45) is 3.08. The van der Waals surface area contributed by atoms with Crippen molar-refractivity contribution in [2.75, 3.05) is 0 Å². The molecule has 1 aromatic heterocycles. The molecule has 1 N–H and O–H groups in total. The van der Waals surface area contributed by atoms with Crippen LogP contribution in [0.25, 0.3) is 0 Å². The molecular formula is C9H16N2O2S. The molecule has 0 aliphatic carbocycles. The summed E-state index contributed by atoms with van der Waals surface area (Å²) in [6.45, 7) is 7.62. The van der Waals surface area contributed by atoms with Crippen molar-refractivity contribution in [1.29, 1.82) is 0 Å². The van der Waals surface area contributed by atoms with Crippen LogP contribution < -0.4 is 4.72 Å². The normalized spacial score (nSPS) is 16.6. The van der Waals surface area contributed by atoms with Crippen LogP contribution in [0.5, 0.6) is 0 Å². The topological polar surface area (TPSA) is 61.1 Å². The van der Waals surface area contributed by atoms with E-state index in [2.05, 4.69) is 9.71 Å². The van der Waals surface area contributed by atoms with Gasteiger partial charge in [0.1, 0.15) is 17.1 Å². The highest BCUT2D eigenvalue weighted by Gasteiger charge is 2.29. The first kappa shape index (κ1) is 11.6. The fourth-order valence-electron chi connectivity index (χ4n) is 0.836. The molecule has 0 aliphatic heterocycles. The molecule has 80 valence electrons. The molecule has 5 heteroatoms. The van der Waals surface area contributed by atoms with Crippen LogP contribution in [-0.2, 0) is 11.4 Å². The fraction of sp³-hybridized carbons (Fsp3) is 0.667. The van der Waals surface area contributed by atoms with Crippen LogP contribution in [0.3, 0.4) is 0 Å². The molecule has 0 saturated carbocycles. The Balaban J connectivity index is 2.53. The van der Waals surface area contributed by atoms with Gasteiger partial charge < -0.3 is 8.97 Å². The van der Waals surface area contributed by atoms with Gasteiger partial charge in [-0.15, -0.1) is 4.72 Å². The summed E-state index contributed by atoms with van der Waals surface area (Å²) in [4.78, 5) is 3.99. The summed E-state index contributed by atoms with van der Waals surface area (Å²) in [5.41, 5.74) is 0. The van der Waals surface area contributed by atoms with E-state index in [0.717, 1.165) is 0 Å². The van der Waals surface area contributed by atoms with Gasteiger partial charge in [0.25, 0.3) is 0 Å². The van der Waals surface area contributed by atoms with E-state index in [9.17, 15) is 4.55 Å². The van der Waals surface area contributed by atoms with Crippen molar-refractivity contribution in [2.45, 2.75) is 38.5 Å². The molecular weight excluding hydrogens is 200 g/mol. The highest BCUT2D eigenvalue weighted by Crippen LogP contribution is 2.18. The quantitative estimate of drug-likeness (QED) is 0.782. The van der Waals surface area contributed by atoms with E-state index < -0.39 is 11.4 Å². The van der Waals surface area contributed by atoms with E-state index in [-0.39, 0.29) is 10.8 Å². The summed E-state index contributed by atoms with van der Waals surface area (Å²) in [5, 5.41) is 0. The first-order valence-electron chi connectivity index (χ1n) is 4.48. The molecule has 1 rings (SSSR count). The molecule has 0 aromatic carbocycles. The van der Waals surface area contributed by atoms with Crippen molar-refractivity contribution in [1.82, 2.24) is 9.71 Å². The number of nitrogens with zero attached hydrogens (tertiary/aromatic N) is 1. The Morgan fingerprint density at radius 2 is 2.21 bits per heavy atom. The molecule has 0 spiro atoms. The Kier molecular flexibility index (Phi) is 3.58. The number of rotatable bonds is 3. The zero-order valence-electron chi connectivity index (χ0n) is 8.90. The van der Waals surface area contributed by atoms with Gasteiger partial charge in [0.05, 0.1) is 6.20 Å².